The van der Waals surface area contributed by atoms with Crippen LogP contribution in [0.1, 0.15) is 40.4 Å². The summed E-state index contributed by atoms with van der Waals surface area (Å²) in [6.45, 7) is 2.23. The lowest BCUT2D eigenvalue weighted by Crippen LogP contribution is -2.24. The van der Waals surface area contributed by atoms with Crippen molar-refractivity contribution in [2.75, 3.05) is 0 Å². The van der Waals surface area contributed by atoms with E-state index in [1.165, 1.54) is 44.1 Å². The van der Waals surface area contributed by atoms with E-state index < -0.39 is 0 Å². The number of aromatic nitrogens is 7. The zero-order valence-corrected chi connectivity index (χ0v) is 22.3. The zero-order valence-electron chi connectivity index (χ0n) is 19.9. The van der Waals surface area contributed by atoms with Gasteiger partial charge >= 0.3 is 0 Å². The van der Waals surface area contributed by atoms with E-state index >= 15 is 0 Å². The maximum absolute atomic E-state index is 13.9. The SMILES string of the molecule is Cc1cc(=O)n2nc(SCc3nnc4n(Cc5ccccc5)c(=O)c5c6c(sc5n34)CCCC6)sc2n1. The summed E-state index contributed by atoms with van der Waals surface area (Å²) < 4.78 is 5.87. The summed E-state index contributed by atoms with van der Waals surface area (Å²) in [5.41, 5.74) is 2.73. The van der Waals surface area contributed by atoms with Crippen LogP contribution in [-0.2, 0) is 25.1 Å². The van der Waals surface area contributed by atoms with E-state index in [4.69, 9.17) is 0 Å². The van der Waals surface area contributed by atoms with Crippen LogP contribution in [0, 0.1) is 6.92 Å². The molecule has 9 nitrogen and oxygen atoms in total. The summed E-state index contributed by atoms with van der Waals surface area (Å²) in [5, 5.41) is 14.3. The van der Waals surface area contributed by atoms with Crippen molar-refractivity contribution >= 4 is 55.4 Å². The average Bonchev–Trinajstić information content (AvgIpc) is 3.60. The summed E-state index contributed by atoms with van der Waals surface area (Å²) in [6, 6.07) is 11.5. The standard InChI is InChI=1S/C25H21N7O2S3/c1-14-11-19(33)32-24(26-14)37-25(29-32)35-13-18-27-28-23-30(12-15-7-3-2-4-8-15)21(34)20-16-9-5-6-10-17(16)36-22(20)31(18)23/h2-4,7-8,11H,5-6,9-10,12-13H2,1H3. The van der Waals surface area contributed by atoms with E-state index in [1.807, 2.05) is 30.3 Å². The normalized spacial score (nSPS) is 13.6. The van der Waals surface area contributed by atoms with Gasteiger partial charge in [-0.15, -0.1) is 26.6 Å². The number of benzene rings is 1. The molecule has 7 rings (SSSR count). The molecule has 0 saturated heterocycles. The molecule has 0 N–H and O–H groups in total. The molecule has 0 saturated carbocycles. The third-order valence-electron chi connectivity index (χ3n) is 6.63. The maximum Gasteiger partial charge on any atom is 0.275 e. The molecule has 0 spiro atoms. The van der Waals surface area contributed by atoms with Crippen LogP contribution in [0.5, 0.6) is 0 Å². The molecule has 37 heavy (non-hydrogen) atoms. The Kier molecular flexibility index (Phi) is 5.48. The van der Waals surface area contributed by atoms with Crippen LogP contribution in [0.3, 0.4) is 0 Å². The van der Waals surface area contributed by atoms with Crippen LogP contribution in [0.2, 0.25) is 0 Å². The first-order valence-corrected chi connectivity index (χ1v) is 14.6. The minimum atomic E-state index is -0.186. The Labute approximate surface area is 222 Å². The van der Waals surface area contributed by atoms with Crippen molar-refractivity contribution in [3.8, 4) is 0 Å². The van der Waals surface area contributed by atoms with Gasteiger partial charge in [-0.25, -0.2) is 4.98 Å². The molecule has 12 heteroatoms. The molecule has 0 atom stereocenters. The first-order chi connectivity index (χ1) is 18.1. The van der Waals surface area contributed by atoms with Crippen LogP contribution >= 0.6 is 34.4 Å². The smallest absolute Gasteiger partial charge is 0.272 e. The van der Waals surface area contributed by atoms with E-state index in [2.05, 4.69) is 24.7 Å². The highest BCUT2D eigenvalue weighted by atomic mass is 32.2. The lowest BCUT2D eigenvalue weighted by Gasteiger charge is -2.12. The van der Waals surface area contributed by atoms with Gasteiger partial charge in [-0.2, -0.15) is 4.52 Å². The van der Waals surface area contributed by atoms with Gasteiger partial charge in [-0.05, 0) is 43.7 Å². The minimum absolute atomic E-state index is 0.00403. The molecule has 5 heterocycles. The third kappa shape index (κ3) is 3.82. The van der Waals surface area contributed by atoms with Crippen molar-refractivity contribution in [1.82, 2.24) is 33.8 Å². The number of hydrogen-bond donors (Lipinski definition) is 0. The van der Waals surface area contributed by atoms with Gasteiger partial charge in [0.15, 0.2) is 4.34 Å². The Morgan fingerprint density at radius 3 is 2.76 bits per heavy atom. The quantitative estimate of drug-likeness (QED) is 0.300. The van der Waals surface area contributed by atoms with Crippen molar-refractivity contribution in [3.63, 3.8) is 0 Å². The Morgan fingerprint density at radius 1 is 1.05 bits per heavy atom. The minimum Gasteiger partial charge on any atom is -0.272 e. The Bertz CT molecular complexity index is 1930. The fraction of sp³-hybridized carbons (Fsp3) is 0.280. The number of nitrogens with zero attached hydrogens (tertiary/aromatic N) is 7. The second-order valence-corrected chi connectivity index (χ2v) is 12.4. The van der Waals surface area contributed by atoms with Gasteiger partial charge in [0, 0.05) is 16.6 Å². The Morgan fingerprint density at radius 2 is 1.89 bits per heavy atom. The molecule has 1 aliphatic carbocycles. The molecule has 0 amide bonds. The zero-order chi connectivity index (χ0) is 25.1. The molecule has 0 radical (unpaired) electrons. The van der Waals surface area contributed by atoms with Crippen molar-refractivity contribution in [1.29, 1.82) is 0 Å². The molecular weight excluding hydrogens is 527 g/mol. The van der Waals surface area contributed by atoms with Gasteiger partial charge in [-0.1, -0.05) is 53.4 Å². The van der Waals surface area contributed by atoms with Gasteiger partial charge in [0.25, 0.3) is 11.1 Å². The van der Waals surface area contributed by atoms with Crippen LogP contribution in [0.4, 0.5) is 0 Å². The van der Waals surface area contributed by atoms with E-state index in [1.54, 1.807) is 22.8 Å². The van der Waals surface area contributed by atoms with Crippen LogP contribution in [-0.4, -0.2) is 33.8 Å². The van der Waals surface area contributed by atoms with Gasteiger partial charge in [0.05, 0.1) is 17.7 Å². The third-order valence-corrected chi connectivity index (χ3v) is 9.95. The molecule has 0 bridgehead atoms. The molecule has 1 aliphatic rings. The monoisotopic (exact) mass is 547 g/mol. The lowest BCUT2D eigenvalue weighted by molar-refractivity contribution is 0.698. The highest BCUT2D eigenvalue weighted by molar-refractivity contribution is 8.00. The summed E-state index contributed by atoms with van der Waals surface area (Å²) in [6.07, 6.45) is 4.19. The van der Waals surface area contributed by atoms with Crippen molar-refractivity contribution in [2.45, 2.75) is 49.2 Å². The Balaban J connectivity index is 1.36. The molecule has 5 aromatic heterocycles. The molecule has 1 aromatic carbocycles. The molecule has 0 aliphatic heterocycles. The molecule has 6 aromatic rings. The van der Waals surface area contributed by atoms with E-state index in [-0.39, 0.29) is 11.1 Å². The Hall–Kier alpha value is -3.35. The first kappa shape index (κ1) is 22.8. The number of thioether (sulfide) groups is 1. The highest BCUT2D eigenvalue weighted by Crippen LogP contribution is 2.36. The molecule has 0 unspecified atom stereocenters. The van der Waals surface area contributed by atoms with Gasteiger partial charge in [-0.3, -0.25) is 18.6 Å². The van der Waals surface area contributed by atoms with E-state index in [0.717, 1.165) is 51.6 Å². The van der Waals surface area contributed by atoms with Crippen molar-refractivity contribution < 1.29 is 0 Å². The average molecular weight is 548 g/mol. The van der Waals surface area contributed by atoms with Crippen LogP contribution in [0.15, 0.2) is 50.3 Å². The second-order valence-electron chi connectivity index (χ2n) is 9.11. The molecule has 186 valence electrons. The number of hydrogen-bond acceptors (Lipinski definition) is 9. The topological polar surface area (TPSA) is 99.5 Å². The summed E-state index contributed by atoms with van der Waals surface area (Å²) in [4.78, 5) is 33.4. The van der Waals surface area contributed by atoms with Crippen LogP contribution < -0.4 is 11.1 Å². The van der Waals surface area contributed by atoms with Crippen molar-refractivity contribution in [2.24, 2.45) is 0 Å². The number of fused-ring (bicyclic) bond motifs is 6. The first-order valence-electron chi connectivity index (χ1n) is 12.0. The second kappa shape index (κ2) is 8.89. The van der Waals surface area contributed by atoms with Gasteiger partial charge in [0.1, 0.15) is 10.7 Å². The number of thiophene rings is 1. The number of aryl methyl sites for hydroxylation is 3. The predicted molar refractivity (Wildman–Crippen MR) is 146 cm³/mol. The maximum atomic E-state index is 13.9. The summed E-state index contributed by atoms with van der Waals surface area (Å²) in [5.74, 6) is 1.80. The molecular formula is C25H21N7O2S3. The van der Waals surface area contributed by atoms with Gasteiger partial charge in [0.2, 0.25) is 10.7 Å². The predicted octanol–water partition coefficient (Wildman–Crippen LogP) is 4.10. The highest BCUT2D eigenvalue weighted by Gasteiger charge is 2.25. The lowest BCUT2D eigenvalue weighted by atomic mass is 9.97. The van der Waals surface area contributed by atoms with E-state index in [9.17, 15) is 9.59 Å². The molecule has 0 fully saturated rings. The fourth-order valence-electron chi connectivity index (χ4n) is 4.93. The van der Waals surface area contributed by atoms with Crippen molar-refractivity contribution in [3.05, 3.63) is 84.6 Å². The van der Waals surface area contributed by atoms with Crippen LogP contribution in [0.25, 0.3) is 21.0 Å². The summed E-state index contributed by atoms with van der Waals surface area (Å²) in [7, 11) is 0. The summed E-state index contributed by atoms with van der Waals surface area (Å²) >= 11 is 4.57. The van der Waals surface area contributed by atoms with E-state index in [0.29, 0.717) is 28.7 Å². The fourth-order valence-corrected chi connectivity index (χ4v) is 8.23. The number of rotatable bonds is 5. The largest absolute Gasteiger partial charge is 0.275 e. The van der Waals surface area contributed by atoms with Gasteiger partial charge < -0.3 is 0 Å².